The van der Waals surface area contributed by atoms with E-state index in [1.165, 1.54) is 0 Å². The van der Waals surface area contributed by atoms with Gasteiger partial charge in [0.1, 0.15) is 23.9 Å². The molecule has 108 valence electrons. The van der Waals surface area contributed by atoms with E-state index in [2.05, 4.69) is 5.92 Å². The predicted molar refractivity (Wildman–Crippen MR) is 87.6 cm³/mol. The van der Waals surface area contributed by atoms with Gasteiger partial charge in [0.2, 0.25) is 0 Å². The van der Waals surface area contributed by atoms with Crippen LogP contribution >= 0.6 is 0 Å². The van der Waals surface area contributed by atoms with Crippen molar-refractivity contribution in [1.29, 1.82) is 0 Å². The van der Waals surface area contributed by atoms with Crippen LogP contribution < -0.4 is 4.74 Å². The molecule has 0 radical (unpaired) electrons. The molecule has 0 spiro atoms. The first-order valence-electron chi connectivity index (χ1n) is 7.11. The summed E-state index contributed by atoms with van der Waals surface area (Å²) < 4.78 is 11.6. The molecule has 0 aliphatic rings. The minimum absolute atomic E-state index is 0.482. The van der Waals surface area contributed by atoms with E-state index in [0.29, 0.717) is 17.9 Å². The lowest BCUT2D eigenvalue weighted by Gasteiger charge is -2.11. The molecule has 0 atom stereocenters. The van der Waals surface area contributed by atoms with Crippen LogP contribution in [0, 0.1) is 19.3 Å². The van der Waals surface area contributed by atoms with Gasteiger partial charge in [-0.2, -0.15) is 0 Å². The second-order valence-electron chi connectivity index (χ2n) is 5.01. The van der Waals surface area contributed by atoms with Crippen LogP contribution in [-0.2, 0) is 6.61 Å². The number of rotatable bonds is 4. The fourth-order valence-corrected chi connectivity index (χ4v) is 2.32. The molecule has 0 amide bonds. The molecule has 1 aromatic heterocycles. The van der Waals surface area contributed by atoms with E-state index in [-0.39, 0.29) is 0 Å². The third-order valence-electron chi connectivity index (χ3n) is 3.41. The van der Waals surface area contributed by atoms with E-state index in [1.54, 1.807) is 0 Å². The van der Waals surface area contributed by atoms with Gasteiger partial charge in [0.15, 0.2) is 0 Å². The summed E-state index contributed by atoms with van der Waals surface area (Å²) in [5.74, 6) is 5.03. The quantitative estimate of drug-likeness (QED) is 0.642. The number of ether oxygens (including phenoxy) is 1. The van der Waals surface area contributed by atoms with E-state index in [0.717, 1.165) is 22.6 Å². The fraction of sp³-hybridized carbons (Fsp3) is 0.100. The summed E-state index contributed by atoms with van der Waals surface area (Å²) in [6.45, 7) is 2.39. The van der Waals surface area contributed by atoms with Crippen LogP contribution in [0.25, 0.3) is 11.3 Å². The molecule has 0 saturated carbocycles. The summed E-state index contributed by atoms with van der Waals surface area (Å²) in [5, 5.41) is 0. The van der Waals surface area contributed by atoms with Gasteiger partial charge in [0, 0.05) is 5.56 Å². The van der Waals surface area contributed by atoms with Crippen molar-refractivity contribution in [3.8, 4) is 29.4 Å². The Kier molecular flexibility index (Phi) is 3.98. The highest BCUT2D eigenvalue weighted by Crippen LogP contribution is 2.31. The standard InChI is InChI=1S/C20H16O2/c1-3-17-18(20-13-12-15(2)22-20)10-7-11-19(17)21-14-16-8-5-4-6-9-16/h1,4-13H,14H2,2H3. The molecule has 0 aliphatic heterocycles. The van der Waals surface area contributed by atoms with Gasteiger partial charge in [-0.15, -0.1) is 6.42 Å². The highest BCUT2D eigenvalue weighted by atomic mass is 16.5. The van der Waals surface area contributed by atoms with Crippen molar-refractivity contribution >= 4 is 0 Å². The molecule has 22 heavy (non-hydrogen) atoms. The van der Waals surface area contributed by atoms with Crippen molar-refractivity contribution < 1.29 is 9.15 Å². The topological polar surface area (TPSA) is 22.4 Å². The lowest BCUT2D eigenvalue weighted by molar-refractivity contribution is 0.305. The minimum atomic E-state index is 0.482. The molecular formula is C20H16O2. The summed E-state index contributed by atoms with van der Waals surface area (Å²) in [5.41, 5.74) is 2.69. The summed E-state index contributed by atoms with van der Waals surface area (Å²) >= 11 is 0. The smallest absolute Gasteiger partial charge is 0.136 e. The number of aryl methyl sites for hydroxylation is 1. The first kappa shape index (κ1) is 14.0. The van der Waals surface area contributed by atoms with Crippen molar-refractivity contribution in [3.63, 3.8) is 0 Å². The molecule has 3 aromatic rings. The zero-order chi connectivity index (χ0) is 15.4. The van der Waals surface area contributed by atoms with Crippen LogP contribution in [-0.4, -0.2) is 0 Å². The number of furan rings is 1. The van der Waals surface area contributed by atoms with Crippen molar-refractivity contribution in [2.75, 3.05) is 0 Å². The third-order valence-corrected chi connectivity index (χ3v) is 3.41. The van der Waals surface area contributed by atoms with Crippen LogP contribution in [0.2, 0.25) is 0 Å². The van der Waals surface area contributed by atoms with Crippen molar-refractivity contribution in [3.05, 3.63) is 77.6 Å². The number of hydrogen-bond acceptors (Lipinski definition) is 2. The monoisotopic (exact) mass is 288 g/mol. The average Bonchev–Trinajstić information content (AvgIpc) is 2.99. The van der Waals surface area contributed by atoms with Gasteiger partial charge in [-0.1, -0.05) is 42.3 Å². The Balaban J connectivity index is 1.90. The Morgan fingerprint density at radius 1 is 1.00 bits per heavy atom. The van der Waals surface area contributed by atoms with E-state index < -0.39 is 0 Å². The van der Waals surface area contributed by atoms with Crippen LogP contribution in [0.4, 0.5) is 0 Å². The maximum Gasteiger partial charge on any atom is 0.136 e. The molecule has 1 heterocycles. The van der Waals surface area contributed by atoms with Crippen molar-refractivity contribution in [2.24, 2.45) is 0 Å². The molecular weight excluding hydrogens is 272 g/mol. The predicted octanol–water partition coefficient (Wildman–Crippen LogP) is 4.82. The van der Waals surface area contributed by atoms with E-state index in [1.807, 2.05) is 67.6 Å². The zero-order valence-corrected chi connectivity index (χ0v) is 12.4. The highest BCUT2D eigenvalue weighted by Gasteiger charge is 2.12. The van der Waals surface area contributed by atoms with Gasteiger partial charge in [0.05, 0.1) is 5.56 Å². The third kappa shape index (κ3) is 2.89. The fourth-order valence-electron chi connectivity index (χ4n) is 2.32. The van der Waals surface area contributed by atoms with Gasteiger partial charge < -0.3 is 9.15 Å². The van der Waals surface area contributed by atoms with Gasteiger partial charge in [-0.3, -0.25) is 0 Å². The number of benzene rings is 2. The normalized spacial score (nSPS) is 10.2. The second kappa shape index (κ2) is 6.24. The first-order valence-corrected chi connectivity index (χ1v) is 7.11. The Bertz CT molecular complexity index is 807. The summed E-state index contributed by atoms with van der Waals surface area (Å²) in [6, 6.07) is 19.6. The van der Waals surface area contributed by atoms with Crippen LogP contribution in [0.1, 0.15) is 16.9 Å². The molecule has 2 heteroatoms. The highest BCUT2D eigenvalue weighted by molar-refractivity contribution is 5.70. The number of terminal acetylenes is 1. The lowest BCUT2D eigenvalue weighted by atomic mass is 10.0. The second-order valence-corrected chi connectivity index (χ2v) is 5.01. The average molecular weight is 288 g/mol. The molecule has 2 nitrogen and oxygen atoms in total. The summed E-state index contributed by atoms with van der Waals surface area (Å²) in [7, 11) is 0. The van der Waals surface area contributed by atoms with Crippen molar-refractivity contribution in [2.45, 2.75) is 13.5 Å². The summed E-state index contributed by atoms with van der Waals surface area (Å²) in [6.07, 6.45) is 5.69. The molecule has 0 N–H and O–H groups in total. The Morgan fingerprint density at radius 3 is 2.50 bits per heavy atom. The molecule has 0 bridgehead atoms. The van der Waals surface area contributed by atoms with Gasteiger partial charge in [0.25, 0.3) is 0 Å². The minimum Gasteiger partial charge on any atom is -0.488 e. The van der Waals surface area contributed by atoms with Crippen LogP contribution in [0.3, 0.4) is 0 Å². The molecule has 0 saturated heterocycles. The number of hydrogen-bond donors (Lipinski definition) is 0. The Labute approximate surface area is 130 Å². The van der Waals surface area contributed by atoms with Crippen molar-refractivity contribution in [1.82, 2.24) is 0 Å². The van der Waals surface area contributed by atoms with E-state index >= 15 is 0 Å². The van der Waals surface area contributed by atoms with E-state index in [4.69, 9.17) is 15.6 Å². The Hall–Kier alpha value is -2.92. The maximum atomic E-state index is 5.90. The maximum absolute atomic E-state index is 5.90. The SMILES string of the molecule is C#Cc1c(OCc2ccccc2)cccc1-c1ccc(C)o1. The Morgan fingerprint density at radius 2 is 1.82 bits per heavy atom. The van der Waals surface area contributed by atoms with Crippen LogP contribution in [0.15, 0.2) is 65.1 Å². The molecule has 3 rings (SSSR count). The molecule has 0 unspecified atom stereocenters. The lowest BCUT2D eigenvalue weighted by Crippen LogP contribution is -1.98. The molecule has 0 fully saturated rings. The largest absolute Gasteiger partial charge is 0.488 e. The van der Waals surface area contributed by atoms with Gasteiger partial charge >= 0.3 is 0 Å². The van der Waals surface area contributed by atoms with E-state index in [9.17, 15) is 0 Å². The first-order chi connectivity index (χ1) is 10.8. The van der Waals surface area contributed by atoms with Gasteiger partial charge in [-0.05, 0) is 36.8 Å². The zero-order valence-electron chi connectivity index (χ0n) is 12.4. The van der Waals surface area contributed by atoms with Gasteiger partial charge in [-0.25, -0.2) is 0 Å². The molecule has 0 aliphatic carbocycles. The molecule has 2 aromatic carbocycles. The summed E-state index contributed by atoms with van der Waals surface area (Å²) in [4.78, 5) is 0. The van der Waals surface area contributed by atoms with Crippen LogP contribution in [0.5, 0.6) is 5.75 Å².